The minimum Gasteiger partial charge on any atom is -0.475 e. The van der Waals surface area contributed by atoms with E-state index >= 15 is 0 Å². The minimum atomic E-state index is -0.0459. The molecule has 6 nitrogen and oxygen atoms in total. The molecule has 0 radical (unpaired) electrons. The van der Waals surface area contributed by atoms with Crippen molar-refractivity contribution >= 4 is 17.2 Å². The summed E-state index contributed by atoms with van der Waals surface area (Å²) in [6.07, 6.45) is 6.49. The maximum Gasteiger partial charge on any atom is 0.259 e. The summed E-state index contributed by atoms with van der Waals surface area (Å²) in [6, 6.07) is 3.57. The van der Waals surface area contributed by atoms with Crippen molar-refractivity contribution < 1.29 is 14.3 Å². The number of hydrogen-bond acceptors (Lipinski definition) is 6. The normalized spacial score (nSPS) is 17.7. The number of carbonyl (C=O) groups excluding carboxylic acids is 1. The average molecular weight is 347 g/mol. The molecule has 7 heteroatoms. The van der Waals surface area contributed by atoms with Crippen LogP contribution < -0.4 is 4.74 Å². The number of likely N-dealkylation sites (tertiary alicyclic amines) is 1. The molecule has 1 fully saturated rings. The Morgan fingerprint density at radius 1 is 1.33 bits per heavy atom. The molecule has 0 aromatic carbocycles. The molecule has 24 heavy (non-hydrogen) atoms. The first-order chi connectivity index (χ1) is 11.8. The highest BCUT2D eigenvalue weighted by Gasteiger charge is 2.31. The Morgan fingerprint density at radius 3 is 3.04 bits per heavy atom. The van der Waals surface area contributed by atoms with Gasteiger partial charge in [0.2, 0.25) is 5.88 Å². The molecule has 1 saturated heterocycles. The fourth-order valence-corrected chi connectivity index (χ4v) is 3.66. The molecule has 3 heterocycles. The Kier molecular flexibility index (Phi) is 5.77. The second-order valence-corrected chi connectivity index (χ2v) is 6.50. The van der Waals surface area contributed by atoms with E-state index in [4.69, 9.17) is 9.47 Å². The summed E-state index contributed by atoms with van der Waals surface area (Å²) in [4.78, 5) is 23.6. The van der Waals surface area contributed by atoms with Gasteiger partial charge in [-0.3, -0.25) is 4.79 Å². The quantitative estimate of drug-likeness (QED) is 0.752. The molecular formula is C17H21N3O3S. The molecule has 0 bridgehead atoms. The number of amides is 1. The smallest absolute Gasteiger partial charge is 0.259 e. The minimum absolute atomic E-state index is 0.0401. The zero-order chi connectivity index (χ0) is 16.8. The monoisotopic (exact) mass is 347 g/mol. The van der Waals surface area contributed by atoms with Crippen molar-refractivity contribution in [2.75, 3.05) is 26.9 Å². The predicted octanol–water partition coefficient (Wildman–Crippen LogP) is 2.93. The van der Waals surface area contributed by atoms with Crippen LogP contribution in [-0.2, 0) is 4.74 Å². The van der Waals surface area contributed by atoms with Gasteiger partial charge in [-0.1, -0.05) is 0 Å². The second kappa shape index (κ2) is 8.21. The van der Waals surface area contributed by atoms with Gasteiger partial charge in [0.25, 0.3) is 5.91 Å². The van der Waals surface area contributed by atoms with Gasteiger partial charge in [0, 0.05) is 31.4 Å². The van der Waals surface area contributed by atoms with E-state index in [1.807, 2.05) is 10.3 Å². The number of carbonyl (C=O) groups is 1. The maximum absolute atomic E-state index is 13.1. The van der Waals surface area contributed by atoms with Crippen LogP contribution in [-0.4, -0.2) is 47.6 Å². The van der Waals surface area contributed by atoms with Crippen LogP contribution in [0, 0.1) is 0 Å². The van der Waals surface area contributed by atoms with Gasteiger partial charge in [-0.15, -0.1) is 11.3 Å². The van der Waals surface area contributed by atoms with Crippen molar-refractivity contribution in [2.45, 2.75) is 25.3 Å². The van der Waals surface area contributed by atoms with E-state index in [0.29, 0.717) is 24.7 Å². The number of thiazole rings is 1. The topological polar surface area (TPSA) is 64.6 Å². The van der Waals surface area contributed by atoms with E-state index in [0.717, 1.165) is 30.8 Å². The lowest BCUT2D eigenvalue weighted by molar-refractivity contribution is 0.0603. The summed E-state index contributed by atoms with van der Waals surface area (Å²) in [5.74, 6) is 0.318. The third-order valence-corrected chi connectivity index (χ3v) is 4.90. The number of rotatable bonds is 6. The first kappa shape index (κ1) is 16.9. The highest BCUT2D eigenvalue weighted by molar-refractivity contribution is 7.09. The zero-order valence-electron chi connectivity index (χ0n) is 13.7. The molecule has 0 N–H and O–H groups in total. The van der Waals surface area contributed by atoms with Crippen LogP contribution >= 0.6 is 11.3 Å². The van der Waals surface area contributed by atoms with Crippen LogP contribution in [0.25, 0.3) is 0 Å². The number of pyridine rings is 1. The first-order valence-electron chi connectivity index (χ1n) is 8.08. The van der Waals surface area contributed by atoms with Gasteiger partial charge < -0.3 is 14.4 Å². The fraction of sp³-hybridized carbons (Fsp3) is 0.471. The maximum atomic E-state index is 13.1. The van der Waals surface area contributed by atoms with E-state index in [1.165, 1.54) is 0 Å². The van der Waals surface area contributed by atoms with Crippen LogP contribution in [0.4, 0.5) is 0 Å². The molecule has 3 rings (SSSR count). The SMILES string of the molecule is COCCOc1ncccc1C(=O)N1CCCC[C@@H]1c1nccs1. The lowest BCUT2D eigenvalue weighted by atomic mass is 10.0. The van der Waals surface area contributed by atoms with Crippen molar-refractivity contribution in [3.05, 3.63) is 40.5 Å². The van der Waals surface area contributed by atoms with Crippen molar-refractivity contribution in [3.63, 3.8) is 0 Å². The standard InChI is InChI=1S/C17H21N3O3S/c1-22-10-11-23-15-13(5-4-7-18-15)17(21)20-9-3-2-6-14(20)16-19-8-12-24-16/h4-5,7-8,12,14H,2-3,6,9-11H2,1H3/t14-/m1/s1. The number of nitrogens with zero attached hydrogens (tertiary/aromatic N) is 3. The molecule has 1 aliphatic heterocycles. The summed E-state index contributed by atoms with van der Waals surface area (Å²) in [5, 5.41) is 2.95. The van der Waals surface area contributed by atoms with E-state index < -0.39 is 0 Å². The van der Waals surface area contributed by atoms with Gasteiger partial charge in [0.1, 0.15) is 17.2 Å². The number of hydrogen-bond donors (Lipinski definition) is 0. The molecule has 0 spiro atoms. The van der Waals surface area contributed by atoms with Gasteiger partial charge in [0.05, 0.1) is 12.6 Å². The molecule has 0 saturated carbocycles. The Bertz CT molecular complexity index is 663. The zero-order valence-corrected chi connectivity index (χ0v) is 14.5. The van der Waals surface area contributed by atoms with E-state index in [1.54, 1.807) is 43.0 Å². The number of ether oxygens (including phenoxy) is 2. The Hall–Kier alpha value is -1.99. The number of methoxy groups -OCH3 is 1. The Morgan fingerprint density at radius 2 is 2.25 bits per heavy atom. The number of aromatic nitrogens is 2. The average Bonchev–Trinajstić information content (AvgIpc) is 3.16. The fourth-order valence-electron chi connectivity index (χ4n) is 2.88. The lowest BCUT2D eigenvalue weighted by Gasteiger charge is -2.34. The van der Waals surface area contributed by atoms with Crippen molar-refractivity contribution in [2.24, 2.45) is 0 Å². The Labute approximate surface area is 145 Å². The van der Waals surface area contributed by atoms with Crippen molar-refractivity contribution in [1.82, 2.24) is 14.9 Å². The summed E-state index contributed by atoms with van der Waals surface area (Å²) in [6.45, 7) is 1.55. The molecule has 2 aromatic rings. The van der Waals surface area contributed by atoms with Crippen LogP contribution in [0.15, 0.2) is 29.9 Å². The van der Waals surface area contributed by atoms with Gasteiger partial charge >= 0.3 is 0 Å². The van der Waals surface area contributed by atoms with Crippen LogP contribution in [0.3, 0.4) is 0 Å². The highest BCUT2D eigenvalue weighted by atomic mass is 32.1. The summed E-state index contributed by atoms with van der Waals surface area (Å²) in [5.41, 5.74) is 0.497. The van der Waals surface area contributed by atoms with Crippen LogP contribution in [0.1, 0.15) is 40.7 Å². The third kappa shape index (κ3) is 3.73. The second-order valence-electron chi connectivity index (χ2n) is 5.58. The van der Waals surface area contributed by atoms with Gasteiger partial charge in [-0.2, -0.15) is 0 Å². The highest BCUT2D eigenvalue weighted by Crippen LogP contribution is 2.34. The summed E-state index contributed by atoms with van der Waals surface area (Å²) in [7, 11) is 1.61. The van der Waals surface area contributed by atoms with Crippen LogP contribution in [0.5, 0.6) is 5.88 Å². The van der Waals surface area contributed by atoms with Gasteiger partial charge in [-0.05, 0) is 31.4 Å². The van der Waals surface area contributed by atoms with Crippen molar-refractivity contribution in [1.29, 1.82) is 0 Å². The van der Waals surface area contributed by atoms with E-state index in [-0.39, 0.29) is 11.9 Å². The van der Waals surface area contributed by atoms with Crippen molar-refractivity contribution in [3.8, 4) is 5.88 Å². The molecule has 2 aromatic heterocycles. The molecule has 0 unspecified atom stereocenters. The van der Waals surface area contributed by atoms with Crippen LogP contribution in [0.2, 0.25) is 0 Å². The first-order valence-corrected chi connectivity index (χ1v) is 8.96. The molecule has 1 amide bonds. The molecule has 1 aliphatic rings. The Balaban J connectivity index is 1.82. The lowest BCUT2D eigenvalue weighted by Crippen LogP contribution is -2.38. The summed E-state index contributed by atoms with van der Waals surface area (Å²) >= 11 is 1.60. The molecule has 0 aliphatic carbocycles. The predicted molar refractivity (Wildman–Crippen MR) is 91.4 cm³/mol. The van der Waals surface area contributed by atoms with Gasteiger partial charge in [0.15, 0.2) is 0 Å². The third-order valence-electron chi connectivity index (χ3n) is 4.03. The van der Waals surface area contributed by atoms with E-state index in [9.17, 15) is 4.79 Å². The van der Waals surface area contributed by atoms with Gasteiger partial charge in [-0.25, -0.2) is 9.97 Å². The largest absolute Gasteiger partial charge is 0.475 e. The molecular weight excluding hydrogens is 326 g/mol. The van der Waals surface area contributed by atoms with E-state index in [2.05, 4.69) is 9.97 Å². The molecule has 128 valence electrons. The summed E-state index contributed by atoms with van der Waals surface area (Å²) < 4.78 is 10.6. The molecule has 1 atom stereocenters. The number of piperidine rings is 1.